The van der Waals surface area contributed by atoms with Crippen molar-refractivity contribution in [3.8, 4) is 5.75 Å². The van der Waals surface area contributed by atoms with Crippen molar-refractivity contribution in [2.24, 2.45) is 23.5 Å². The van der Waals surface area contributed by atoms with Crippen molar-refractivity contribution in [2.75, 3.05) is 11.9 Å². The minimum absolute atomic E-state index is 0.000619. The highest BCUT2D eigenvalue weighted by atomic mass is 32.1. The smallest absolute Gasteiger partial charge is 0.223 e. The molecular weight excluding hydrogens is 708 g/mol. The Morgan fingerprint density at radius 2 is 1.34 bits per heavy atom. The molecule has 0 saturated carbocycles. The molecule has 2 aromatic rings. The third kappa shape index (κ3) is 15.4. The molecule has 17 heteroatoms. The highest BCUT2D eigenvalue weighted by molar-refractivity contribution is 7.17. The van der Waals surface area contributed by atoms with Gasteiger partial charge in [-0.15, -0.1) is 0 Å². The lowest BCUT2D eigenvalue weighted by Gasteiger charge is -2.22. The zero-order valence-corrected chi connectivity index (χ0v) is 31.2. The number of Topliss-reactive ketones (excluding diaryl/α,β-unsaturated/α-hetero) is 4. The Morgan fingerprint density at radius 1 is 0.774 bits per heavy atom. The molecule has 0 aliphatic carbocycles. The van der Waals surface area contributed by atoms with Crippen LogP contribution in [0, 0.1) is 17.8 Å². The van der Waals surface area contributed by atoms with E-state index in [2.05, 4.69) is 26.3 Å². The maximum absolute atomic E-state index is 13.3. The summed E-state index contributed by atoms with van der Waals surface area (Å²) in [7, 11) is 0. The zero-order chi connectivity index (χ0) is 39.8. The number of nitrogens with zero attached hydrogens (tertiary/aromatic N) is 1. The fourth-order valence-electron chi connectivity index (χ4n) is 4.92. The van der Waals surface area contributed by atoms with Gasteiger partial charge in [-0.2, -0.15) is 0 Å². The number of ketones is 4. The number of aromatic nitrogens is 1. The third-order valence-corrected chi connectivity index (χ3v) is 9.27. The predicted molar refractivity (Wildman–Crippen MR) is 195 cm³/mol. The monoisotopic (exact) mass is 756 g/mol. The van der Waals surface area contributed by atoms with Crippen molar-refractivity contribution in [1.82, 2.24) is 20.9 Å². The van der Waals surface area contributed by atoms with E-state index in [1.165, 1.54) is 52.9 Å². The number of anilines is 1. The molecule has 0 unspecified atom stereocenters. The minimum Gasteiger partial charge on any atom is -0.508 e. The van der Waals surface area contributed by atoms with Crippen molar-refractivity contribution < 1.29 is 48.3 Å². The second kappa shape index (κ2) is 21.3. The molecule has 288 valence electrons. The SMILES string of the molecule is C[C@H](CC(=O)[C@H](C)NC(=O)CCC(=O)[C@H](Cc1ccc(O)cc1)NC(=O)[C@H](C)CC(=O)[C@H](C)NC(=O)[C@H](C)CC(=O)CNc1ncc(C=O)s1)C(N)=O. The third-order valence-electron chi connectivity index (χ3n) is 8.39. The van der Waals surface area contributed by atoms with E-state index >= 15 is 0 Å². The highest BCUT2D eigenvalue weighted by Gasteiger charge is 2.28. The van der Waals surface area contributed by atoms with Crippen LogP contribution in [-0.2, 0) is 44.8 Å². The van der Waals surface area contributed by atoms with Gasteiger partial charge in [0.25, 0.3) is 0 Å². The van der Waals surface area contributed by atoms with Crippen LogP contribution in [0.15, 0.2) is 30.5 Å². The number of benzene rings is 1. The number of nitrogens with two attached hydrogens (primary N) is 1. The van der Waals surface area contributed by atoms with E-state index in [1.807, 2.05) is 0 Å². The Morgan fingerprint density at radius 3 is 1.92 bits per heavy atom. The van der Waals surface area contributed by atoms with Crippen molar-refractivity contribution in [3.63, 3.8) is 0 Å². The van der Waals surface area contributed by atoms with E-state index in [0.717, 1.165) is 11.3 Å². The number of aromatic hydroxyl groups is 1. The normalized spacial score (nSPS) is 14.3. The Bertz CT molecular complexity index is 1660. The summed E-state index contributed by atoms with van der Waals surface area (Å²) in [6, 6.07) is 2.99. The number of carbonyl (C=O) groups is 9. The second-order valence-electron chi connectivity index (χ2n) is 13.1. The second-order valence-corrected chi connectivity index (χ2v) is 14.2. The molecule has 4 amide bonds. The number of thiazole rings is 1. The maximum Gasteiger partial charge on any atom is 0.223 e. The van der Waals surface area contributed by atoms with Crippen LogP contribution < -0.4 is 27.0 Å². The Kier molecular flexibility index (Phi) is 17.6. The number of carbonyl (C=O) groups excluding carboxylic acids is 9. The summed E-state index contributed by atoms with van der Waals surface area (Å²) >= 11 is 1.08. The van der Waals surface area contributed by atoms with Crippen LogP contribution in [0.25, 0.3) is 0 Å². The minimum atomic E-state index is -1.10. The van der Waals surface area contributed by atoms with E-state index in [-0.39, 0.29) is 56.6 Å². The van der Waals surface area contributed by atoms with Gasteiger partial charge in [-0.25, -0.2) is 4.98 Å². The van der Waals surface area contributed by atoms with Gasteiger partial charge in [-0.05, 0) is 38.0 Å². The van der Waals surface area contributed by atoms with Gasteiger partial charge in [-0.3, -0.25) is 43.2 Å². The number of hydrogen-bond donors (Lipinski definition) is 6. The Balaban J connectivity index is 1.93. The molecule has 1 aromatic heterocycles. The van der Waals surface area contributed by atoms with E-state index in [9.17, 15) is 48.3 Å². The number of hydrogen-bond acceptors (Lipinski definition) is 13. The van der Waals surface area contributed by atoms with Gasteiger partial charge < -0.3 is 32.1 Å². The van der Waals surface area contributed by atoms with Crippen LogP contribution in [0.3, 0.4) is 0 Å². The molecule has 0 radical (unpaired) electrons. The molecule has 0 fully saturated rings. The summed E-state index contributed by atoms with van der Waals surface area (Å²) in [5.74, 6) is -6.38. The largest absolute Gasteiger partial charge is 0.508 e. The summed E-state index contributed by atoms with van der Waals surface area (Å²) in [4.78, 5) is 116. The molecule has 6 atom stereocenters. The van der Waals surface area contributed by atoms with Gasteiger partial charge in [0.05, 0.1) is 35.7 Å². The Labute approximate surface area is 311 Å². The van der Waals surface area contributed by atoms with Crippen molar-refractivity contribution in [1.29, 1.82) is 0 Å². The molecule has 0 saturated heterocycles. The van der Waals surface area contributed by atoms with Crippen LogP contribution in [-0.4, -0.2) is 87.8 Å². The lowest BCUT2D eigenvalue weighted by molar-refractivity contribution is -0.134. The lowest BCUT2D eigenvalue weighted by atomic mass is 9.96. The van der Waals surface area contributed by atoms with Crippen LogP contribution in [0.5, 0.6) is 5.75 Å². The summed E-state index contributed by atoms with van der Waals surface area (Å²) in [6.07, 6.45) is 0.923. The number of phenolic OH excluding ortho intramolecular Hbond substituents is 1. The van der Waals surface area contributed by atoms with Crippen LogP contribution in [0.2, 0.25) is 0 Å². The van der Waals surface area contributed by atoms with Crippen LogP contribution in [0.1, 0.15) is 82.0 Å². The highest BCUT2D eigenvalue weighted by Crippen LogP contribution is 2.17. The lowest BCUT2D eigenvalue weighted by Crippen LogP contribution is -2.46. The molecule has 2 rings (SSSR count). The van der Waals surface area contributed by atoms with Crippen molar-refractivity contribution in [2.45, 2.75) is 91.3 Å². The topological polar surface area (TPSA) is 261 Å². The molecule has 1 aromatic carbocycles. The van der Waals surface area contributed by atoms with Crippen molar-refractivity contribution >= 4 is 69.5 Å². The summed E-state index contributed by atoms with van der Waals surface area (Å²) < 4.78 is 0. The quantitative estimate of drug-likeness (QED) is 0.0832. The maximum atomic E-state index is 13.3. The summed E-state index contributed by atoms with van der Waals surface area (Å²) in [5.41, 5.74) is 5.81. The Hall–Kier alpha value is -5.32. The first-order valence-corrected chi connectivity index (χ1v) is 17.9. The first-order valence-electron chi connectivity index (χ1n) is 17.1. The summed E-state index contributed by atoms with van der Waals surface area (Å²) in [5, 5.41) is 20.6. The van der Waals surface area contributed by atoms with E-state index in [4.69, 9.17) is 5.73 Å². The number of phenols is 1. The van der Waals surface area contributed by atoms with Crippen molar-refractivity contribution in [3.05, 3.63) is 40.9 Å². The van der Waals surface area contributed by atoms with E-state index in [0.29, 0.717) is 21.9 Å². The van der Waals surface area contributed by atoms with E-state index in [1.54, 1.807) is 12.1 Å². The number of nitrogens with one attached hydrogen (secondary N) is 4. The van der Waals surface area contributed by atoms with Crippen LogP contribution >= 0.6 is 11.3 Å². The number of rotatable bonds is 24. The number of aldehydes is 1. The fraction of sp³-hybridized carbons (Fsp3) is 0.500. The van der Waals surface area contributed by atoms with Gasteiger partial charge in [-0.1, -0.05) is 44.2 Å². The van der Waals surface area contributed by atoms with Gasteiger partial charge in [0, 0.05) is 49.9 Å². The average Bonchev–Trinajstić information content (AvgIpc) is 3.58. The van der Waals surface area contributed by atoms with Gasteiger partial charge in [0.2, 0.25) is 23.6 Å². The molecule has 7 N–H and O–H groups in total. The fourth-order valence-corrected chi connectivity index (χ4v) is 5.55. The molecule has 53 heavy (non-hydrogen) atoms. The molecule has 16 nitrogen and oxygen atoms in total. The van der Waals surface area contributed by atoms with Gasteiger partial charge in [0.1, 0.15) is 5.75 Å². The molecule has 1 heterocycles. The molecular formula is C36H48N6O10S. The summed E-state index contributed by atoms with van der Waals surface area (Å²) in [6.45, 7) is 7.34. The molecule has 0 aliphatic heterocycles. The zero-order valence-electron chi connectivity index (χ0n) is 30.4. The molecule has 0 bridgehead atoms. The molecule has 0 spiro atoms. The average molecular weight is 757 g/mol. The van der Waals surface area contributed by atoms with Gasteiger partial charge >= 0.3 is 0 Å². The molecule has 0 aliphatic rings. The van der Waals surface area contributed by atoms with Crippen LogP contribution in [0.4, 0.5) is 5.13 Å². The number of amides is 4. The first kappa shape index (κ1) is 43.8. The predicted octanol–water partition coefficient (Wildman–Crippen LogP) is 1.43. The first-order chi connectivity index (χ1) is 24.9. The van der Waals surface area contributed by atoms with E-state index < -0.39 is 76.9 Å². The standard InChI is InChI=1S/C36H48N6O10S/c1-19(33(37)50)13-30(47)22(4)40-32(49)11-10-29(46)28(15-24-6-8-25(44)9-7-24)42-35(52)21(3)14-31(48)23(5)41-34(51)20(2)12-26(45)16-38-36-39-17-27(18-43)53-36/h6-9,17-23,28,44H,10-16H2,1-5H3,(H2,37,50)(H,38,39)(H,40,49)(H,41,51)(H,42,52)/t19-,20-,21-,22+,23+,28+/m1/s1. The van der Waals surface area contributed by atoms with Gasteiger partial charge in [0.15, 0.2) is 34.6 Å². The number of primary amides is 1.